The Morgan fingerprint density at radius 3 is 3.17 bits per heavy atom. The van der Waals surface area contributed by atoms with Crippen molar-refractivity contribution in [2.75, 3.05) is 0 Å². The summed E-state index contributed by atoms with van der Waals surface area (Å²) < 4.78 is 1.74. The van der Waals surface area contributed by atoms with E-state index in [1.807, 2.05) is 6.92 Å². The van der Waals surface area contributed by atoms with Crippen LogP contribution in [0.25, 0.3) is 5.65 Å². The van der Waals surface area contributed by atoms with Gasteiger partial charge in [0.2, 0.25) is 0 Å². The van der Waals surface area contributed by atoms with Crippen molar-refractivity contribution in [1.29, 1.82) is 5.41 Å². The second-order valence-electron chi connectivity index (χ2n) is 2.65. The number of nitrogens with two attached hydrogens (primary N) is 1. The lowest BCUT2D eigenvalue weighted by molar-refractivity contribution is 0.944. The summed E-state index contributed by atoms with van der Waals surface area (Å²) in [5.41, 5.74) is 7.65. The molecule has 5 nitrogen and oxygen atoms in total. The summed E-state index contributed by atoms with van der Waals surface area (Å²) in [4.78, 5) is 4.07. The topological polar surface area (TPSA) is 83.0 Å². The third kappa shape index (κ3) is 0.730. The van der Waals surface area contributed by atoms with Crippen LogP contribution in [-0.4, -0.2) is 20.4 Å². The number of H-pyrrole nitrogens is 1. The normalized spacial score (nSPS) is 10.8. The fourth-order valence-electron chi connectivity index (χ4n) is 1.31. The van der Waals surface area contributed by atoms with Crippen LogP contribution >= 0.6 is 0 Å². The van der Waals surface area contributed by atoms with Gasteiger partial charge in [0.25, 0.3) is 0 Å². The number of aromatic amines is 1. The Morgan fingerprint density at radius 2 is 2.50 bits per heavy atom. The van der Waals surface area contributed by atoms with Crippen molar-refractivity contribution in [2.24, 2.45) is 5.73 Å². The summed E-state index contributed by atoms with van der Waals surface area (Å²) in [7, 11) is 0. The zero-order chi connectivity index (χ0) is 8.72. The largest absolute Gasteiger partial charge is 0.384 e. The van der Waals surface area contributed by atoms with Gasteiger partial charge in [0.05, 0.1) is 5.56 Å². The van der Waals surface area contributed by atoms with E-state index in [2.05, 4.69) is 10.1 Å². The molecule has 0 spiro atoms. The van der Waals surface area contributed by atoms with E-state index in [0.717, 1.165) is 5.69 Å². The molecule has 0 saturated carbocycles. The molecule has 62 valence electrons. The quantitative estimate of drug-likeness (QED) is 0.416. The minimum absolute atomic E-state index is 0.0463. The Morgan fingerprint density at radius 1 is 1.75 bits per heavy atom. The fraction of sp³-hybridized carbons (Fsp3) is 0.143. The van der Waals surface area contributed by atoms with Crippen LogP contribution in [0.5, 0.6) is 0 Å². The summed E-state index contributed by atoms with van der Waals surface area (Å²) in [5, 5.41) is 10.3. The Kier molecular flexibility index (Phi) is 1.21. The first-order valence-electron chi connectivity index (χ1n) is 3.56. The predicted molar refractivity (Wildman–Crippen MR) is 45.3 cm³/mol. The van der Waals surface area contributed by atoms with Crippen molar-refractivity contribution in [3.63, 3.8) is 0 Å². The van der Waals surface area contributed by atoms with Crippen molar-refractivity contribution in [3.05, 3.63) is 23.7 Å². The lowest BCUT2D eigenvalue weighted by Gasteiger charge is -1.92. The Balaban J connectivity index is 2.84. The number of nitrogens with zero attached hydrogens (tertiary/aromatic N) is 2. The number of rotatable bonds is 1. The highest BCUT2D eigenvalue weighted by molar-refractivity contribution is 6.01. The highest BCUT2D eigenvalue weighted by atomic mass is 15.3. The minimum Gasteiger partial charge on any atom is -0.384 e. The monoisotopic (exact) mass is 163 g/mol. The Bertz CT molecular complexity index is 436. The highest BCUT2D eigenvalue weighted by Crippen LogP contribution is 2.11. The van der Waals surface area contributed by atoms with E-state index in [1.165, 1.54) is 0 Å². The fourth-order valence-corrected chi connectivity index (χ4v) is 1.31. The first-order valence-corrected chi connectivity index (χ1v) is 3.56. The molecule has 5 heteroatoms. The van der Waals surface area contributed by atoms with Gasteiger partial charge in [0.15, 0.2) is 5.65 Å². The standard InChI is InChI=1S/C7H9N5/c1-4-5(6(8)9)7-10-2-3-12(7)11-4/h2-3,11H,1H3,(H3,8,9). The van der Waals surface area contributed by atoms with Gasteiger partial charge in [0, 0.05) is 18.1 Å². The van der Waals surface area contributed by atoms with Gasteiger partial charge in [-0.2, -0.15) is 0 Å². The Hall–Kier alpha value is -1.78. The van der Waals surface area contributed by atoms with Gasteiger partial charge in [-0.1, -0.05) is 0 Å². The molecule has 0 unspecified atom stereocenters. The molecule has 2 aromatic rings. The maximum Gasteiger partial charge on any atom is 0.164 e. The van der Waals surface area contributed by atoms with Crippen LogP contribution in [0.15, 0.2) is 12.4 Å². The molecule has 2 heterocycles. The van der Waals surface area contributed by atoms with Crippen LogP contribution in [0.1, 0.15) is 11.3 Å². The third-order valence-electron chi connectivity index (χ3n) is 1.80. The molecule has 0 aliphatic carbocycles. The number of nitrogens with one attached hydrogen (secondary N) is 2. The summed E-state index contributed by atoms with van der Waals surface area (Å²) >= 11 is 0. The zero-order valence-electron chi connectivity index (χ0n) is 6.63. The van der Waals surface area contributed by atoms with Crippen LogP contribution in [0, 0.1) is 12.3 Å². The average molecular weight is 163 g/mol. The van der Waals surface area contributed by atoms with Gasteiger partial charge >= 0.3 is 0 Å². The van der Waals surface area contributed by atoms with E-state index < -0.39 is 0 Å². The third-order valence-corrected chi connectivity index (χ3v) is 1.80. The summed E-state index contributed by atoms with van der Waals surface area (Å²) in [6.45, 7) is 1.87. The molecule has 2 rings (SSSR count). The number of fused-ring (bicyclic) bond motifs is 1. The lowest BCUT2D eigenvalue weighted by atomic mass is 10.2. The Labute approximate surface area is 68.7 Å². The van der Waals surface area contributed by atoms with Crippen LogP contribution in [-0.2, 0) is 0 Å². The SMILES string of the molecule is Cc1[nH]n2ccnc2c1C(=N)N. The van der Waals surface area contributed by atoms with E-state index in [4.69, 9.17) is 11.1 Å². The van der Waals surface area contributed by atoms with Crippen molar-refractivity contribution in [2.45, 2.75) is 6.92 Å². The summed E-state index contributed by atoms with van der Waals surface area (Å²) in [6, 6.07) is 0. The van der Waals surface area contributed by atoms with Gasteiger partial charge in [-0.25, -0.2) is 9.50 Å². The number of hydrogen-bond acceptors (Lipinski definition) is 2. The molecule has 2 aromatic heterocycles. The van der Waals surface area contributed by atoms with Crippen LogP contribution < -0.4 is 5.73 Å². The van der Waals surface area contributed by atoms with E-state index in [1.54, 1.807) is 16.9 Å². The number of nitrogen functional groups attached to an aromatic ring is 1. The number of aromatic nitrogens is 3. The number of amidine groups is 1. The van der Waals surface area contributed by atoms with Gasteiger partial charge in [-0.05, 0) is 6.92 Å². The molecule has 0 saturated heterocycles. The molecule has 0 amide bonds. The van der Waals surface area contributed by atoms with E-state index in [0.29, 0.717) is 11.2 Å². The number of aryl methyl sites for hydroxylation is 1. The first-order chi connectivity index (χ1) is 5.70. The average Bonchev–Trinajstić information content (AvgIpc) is 2.44. The molecule has 0 fully saturated rings. The second kappa shape index (κ2) is 2.10. The maximum absolute atomic E-state index is 7.32. The van der Waals surface area contributed by atoms with Crippen LogP contribution in [0.3, 0.4) is 0 Å². The van der Waals surface area contributed by atoms with Gasteiger partial charge < -0.3 is 5.73 Å². The van der Waals surface area contributed by atoms with E-state index >= 15 is 0 Å². The highest BCUT2D eigenvalue weighted by Gasteiger charge is 2.10. The molecule has 0 aliphatic heterocycles. The lowest BCUT2D eigenvalue weighted by Crippen LogP contribution is -2.12. The minimum atomic E-state index is 0.0463. The molecule has 0 radical (unpaired) electrons. The molecule has 0 bridgehead atoms. The number of imidazole rings is 1. The van der Waals surface area contributed by atoms with Gasteiger partial charge in [-0.15, -0.1) is 0 Å². The zero-order valence-corrected chi connectivity index (χ0v) is 6.63. The van der Waals surface area contributed by atoms with Crippen molar-refractivity contribution in [3.8, 4) is 0 Å². The van der Waals surface area contributed by atoms with Crippen molar-refractivity contribution >= 4 is 11.5 Å². The number of hydrogen-bond donors (Lipinski definition) is 3. The van der Waals surface area contributed by atoms with E-state index in [9.17, 15) is 0 Å². The molecule has 0 aliphatic rings. The van der Waals surface area contributed by atoms with Crippen LogP contribution in [0.2, 0.25) is 0 Å². The van der Waals surface area contributed by atoms with Gasteiger partial charge in [0.1, 0.15) is 5.84 Å². The van der Waals surface area contributed by atoms with Crippen molar-refractivity contribution < 1.29 is 0 Å². The summed E-state index contributed by atoms with van der Waals surface area (Å²) in [6.07, 6.45) is 3.45. The second-order valence-corrected chi connectivity index (χ2v) is 2.65. The smallest absolute Gasteiger partial charge is 0.164 e. The first kappa shape index (κ1) is 6.90. The molecular weight excluding hydrogens is 154 g/mol. The summed E-state index contributed by atoms with van der Waals surface area (Å²) in [5.74, 6) is 0.0463. The molecule has 12 heavy (non-hydrogen) atoms. The predicted octanol–water partition coefficient (Wildman–Crippen LogP) is 0.255. The van der Waals surface area contributed by atoms with E-state index in [-0.39, 0.29) is 5.84 Å². The maximum atomic E-state index is 7.32. The molecular formula is C7H9N5. The molecule has 4 N–H and O–H groups in total. The van der Waals surface area contributed by atoms with Crippen LogP contribution in [0.4, 0.5) is 0 Å². The molecule has 0 atom stereocenters. The molecule has 0 aromatic carbocycles. The van der Waals surface area contributed by atoms with Gasteiger partial charge in [-0.3, -0.25) is 10.5 Å². The van der Waals surface area contributed by atoms with Crippen molar-refractivity contribution in [1.82, 2.24) is 14.6 Å².